The molecule has 0 saturated heterocycles. The van der Waals surface area contributed by atoms with Crippen molar-refractivity contribution in [3.63, 3.8) is 0 Å². The zero-order valence-electron chi connectivity index (χ0n) is 11.6. The van der Waals surface area contributed by atoms with Crippen molar-refractivity contribution in [3.05, 3.63) is 24.4 Å². The molecule has 3 rings (SSSR count). The summed E-state index contributed by atoms with van der Waals surface area (Å²) in [6.07, 6.45) is 1.70. The fraction of sp³-hybridized carbons (Fsp3) is 0.286. The van der Waals surface area contributed by atoms with E-state index >= 15 is 0 Å². The number of amides is 1. The van der Waals surface area contributed by atoms with E-state index in [0.717, 1.165) is 11.1 Å². The van der Waals surface area contributed by atoms with Crippen molar-refractivity contribution in [2.24, 2.45) is 7.05 Å². The molecule has 1 aromatic heterocycles. The highest BCUT2D eigenvalue weighted by atomic mass is 16.5. The molecule has 0 fully saturated rings. The van der Waals surface area contributed by atoms with Crippen LogP contribution in [0.15, 0.2) is 24.4 Å². The number of carbonyl (C=O) groups is 1. The van der Waals surface area contributed by atoms with Gasteiger partial charge >= 0.3 is 0 Å². The van der Waals surface area contributed by atoms with E-state index < -0.39 is 5.60 Å². The summed E-state index contributed by atoms with van der Waals surface area (Å²) < 4.78 is 7.30. The summed E-state index contributed by atoms with van der Waals surface area (Å²) in [4.78, 5) is 11.9. The lowest BCUT2D eigenvalue weighted by Gasteiger charge is -2.31. The van der Waals surface area contributed by atoms with E-state index in [1.165, 1.54) is 0 Å². The van der Waals surface area contributed by atoms with E-state index in [0.29, 0.717) is 17.3 Å². The van der Waals surface area contributed by atoms with Crippen molar-refractivity contribution in [1.29, 1.82) is 0 Å². The van der Waals surface area contributed by atoms with Gasteiger partial charge in [0.25, 0.3) is 5.91 Å². The number of nitrogens with two attached hydrogens (primary N) is 1. The number of nitrogens with one attached hydrogen (secondary N) is 1. The molecule has 3 N–H and O–H groups in total. The van der Waals surface area contributed by atoms with E-state index in [1.54, 1.807) is 31.8 Å². The van der Waals surface area contributed by atoms with Crippen LogP contribution >= 0.6 is 0 Å². The van der Waals surface area contributed by atoms with E-state index in [1.807, 2.05) is 18.2 Å². The molecule has 20 heavy (non-hydrogen) atoms. The average Bonchev–Trinajstić information content (AvgIpc) is 2.71. The highest BCUT2D eigenvalue weighted by Gasteiger charge is 2.35. The molecule has 0 spiro atoms. The number of fused-ring (bicyclic) bond motifs is 1. The van der Waals surface area contributed by atoms with Gasteiger partial charge in [0.05, 0.1) is 11.9 Å². The Morgan fingerprint density at radius 1 is 1.40 bits per heavy atom. The normalized spacial score (nSPS) is 16.2. The van der Waals surface area contributed by atoms with Crippen molar-refractivity contribution in [3.8, 4) is 16.9 Å². The maximum Gasteiger partial charge on any atom is 0.268 e. The fourth-order valence-electron chi connectivity index (χ4n) is 2.15. The number of aromatic nitrogens is 2. The molecule has 6 nitrogen and oxygen atoms in total. The Bertz CT molecular complexity index is 703. The number of benzene rings is 1. The lowest BCUT2D eigenvalue weighted by atomic mass is 10.0. The third-order valence-corrected chi connectivity index (χ3v) is 3.44. The Morgan fingerprint density at radius 3 is 2.80 bits per heavy atom. The van der Waals surface area contributed by atoms with Crippen LogP contribution in [0.3, 0.4) is 0 Å². The van der Waals surface area contributed by atoms with Gasteiger partial charge in [0.15, 0.2) is 5.60 Å². The third-order valence-electron chi connectivity index (χ3n) is 3.44. The molecule has 0 radical (unpaired) electrons. The zero-order valence-corrected chi connectivity index (χ0v) is 11.6. The standard InChI is InChI=1S/C14H16N4O2/c1-14(2)13(19)17-10-6-8(4-5-11(10)20-14)9-7-16-18(3)12(9)15/h4-7H,15H2,1-3H3,(H,17,19). The van der Waals surface area contributed by atoms with Crippen LogP contribution in [0.2, 0.25) is 0 Å². The van der Waals surface area contributed by atoms with Gasteiger partial charge < -0.3 is 15.8 Å². The molecule has 6 heteroatoms. The fourth-order valence-corrected chi connectivity index (χ4v) is 2.15. The Balaban J connectivity index is 2.05. The number of ether oxygens (including phenoxy) is 1. The molecule has 0 bridgehead atoms. The van der Waals surface area contributed by atoms with Gasteiger partial charge in [0.2, 0.25) is 0 Å². The van der Waals surface area contributed by atoms with Crippen LogP contribution in [-0.4, -0.2) is 21.3 Å². The van der Waals surface area contributed by atoms with Gasteiger partial charge in [-0.3, -0.25) is 9.48 Å². The average molecular weight is 272 g/mol. The molecule has 0 unspecified atom stereocenters. The minimum absolute atomic E-state index is 0.165. The first-order valence-corrected chi connectivity index (χ1v) is 6.31. The SMILES string of the molecule is Cn1ncc(-c2ccc3c(c2)NC(=O)C(C)(C)O3)c1N. The zero-order chi connectivity index (χ0) is 14.5. The van der Waals surface area contributed by atoms with Crippen LogP contribution in [-0.2, 0) is 11.8 Å². The smallest absolute Gasteiger partial charge is 0.268 e. The molecule has 0 aliphatic carbocycles. The van der Waals surface area contributed by atoms with E-state index in [-0.39, 0.29) is 5.91 Å². The second-order valence-corrected chi connectivity index (χ2v) is 5.34. The molecule has 2 heterocycles. The molecule has 2 aromatic rings. The van der Waals surface area contributed by atoms with Crippen molar-refractivity contribution in [2.75, 3.05) is 11.1 Å². The van der Waals surface area contributed by atoms with E-state index in [9.17, 15) is 4.79 Å². The summed E-state index contributed by atoms with van der Waals surface area (Å²) in [5, 5.41) is 6.97. The Hall–Kier alpha value is -2.50. The number of anilines is 2. The first-order valence-electron chi connectivity index (χ1n) is 6.31. The first kappa shape index (κ1) is 12.5. The molecular weight excluding hydrogens is 256 g/mol. The number of nitrogen functional groups attached to an aromatic ring is 1. The minimum Gasteiger partial charge on any atom is -0.476 e. The molecule has 1 aliphatic rings. The minimum atomic E-state index is -0.859. The van der Waals surface area contributed by atoms with Gasteiger partial charge in [-0.25, -0.2) is 0 Å². The first-order chi connectivity index (χ1) is 9.38. The summed E-state index contributed by atoms with van der Waals surface area (Å²) in [6, 6.07) is 5.58. The number of hydrogen-bond donors (Lipinski definition) is 2. The molecular formula is C14H16N4O2. The summed E-state index contributed by atoms with van der Waals surface area (Å²) in [6.45, 7) is 3.47. The summed E-state index contributed by atoms with van der Waals surface area (Å²) in [5.74, 6) is 1.07. The Labute approximate surface area is 116 Å². The Morgan fingerprint density at radius 2 is 2.15 bits per heavy atom. The van der Waals surface area contributed by atoms with Crippen LogP contribution < -0.4 is 15.8 Å². The van der Waals surface area contributed by atoms with Crippen LogP contribution in [0.1, 0.15) is 13.8 Å². The van der Waals surface area contributed by atoms with Crippen molar-refractivity contribution >= 4 is 17.4 Å². The second kappa shape index (κ2) is 4.00. The number of hydrogen-bond acceptors (Lipinski definition) is 4. The predicted molar refractivity (Wildman–Crippen MR) is 76.4 cm³/mol. The molecule has 0 saturated carbocycles. The highest BCUT2D eigenvalue weighted by Crippen LogP contribution is 2.37. The maximum absolute atomic E-state index is 11.9. The number of aryl methyl sites for hydroxylation is 1. The lowest BCUT2D eigenvalue weighted by molar-refractivity contribution is -0.129. The van der Waals surface area contributed by atoms with Gasteiger partial charge in [-0.15, -0.1) is 0 Å². The van der Waals surface area contributed by atoms with Crippen LogP contribution in [0, 0.1) is 0 Å². The van der Waals surface area contributed by atoms with Crippen molar-refractivity contribution in [2.45, 2.75) is 19.4 Å². The summed E-state index contributed by atoms with van der Waals surface area (Å²) in [5.41, 5.74) is 7.47. The molecule has 1 aromatic carbocycles. The number of carbonyl (C=O) groups excluding carboxylic acids is 1. The molecule has 104 valence electrons. The maximum atomic E-state index is 11.9. The largest absolute Gasteiger partial charge is 0.476 e. The molecule has 1 aliphatic heterocycles. The highest BCUT2D eigenvalue weighted by molar-refractivity contribution is 6.01. The molecule has 0 atom stereocenters. The van der Waals surface area contributed by atoms with Gasteiger partial charge in [-0.1, -0.05) is 6.07 Å². The van der Waals surface area contributed by atoms with E-state index in [2.05, 4.69) is 10.4 Å². The number of nitrogens with zero attached hydrogens (tertiary/aromatic N) is 2. The lowest BCUT2D eigenvalue weighted by Crippen LogP contribution is -2.45. The van der Waals surface area contributed by atoms with Crippen molar-refractivity contribution in [1.82, 2.24) is 9.78 Å². The van der Waals surface area contributed by atoms with Crippen LogP contribution in [0.25, 0.3) is 11.1 Å². The monoisotopic (exact) mass is 272 g/mol. The van der Waals surface area contributed by atoms with Crippen LogP contribution in [0.4, 0.5) is 11.5 Å². The second-order valence-electron chi connectivity index (χ2n) is 5.34. The topological polar surface area (TPSA) is 82.2 Å². The van der Waals surface area contributed by atoms with Gasteiger partial charge in [0.1, 0.15) is 11.6 Å². The van der Waals surface area contributed by atoms with Gasteiger partial charge in [-0.2, -0.15) is 5.10 Å². The predicted octanol–water partition coefficient (Wildman–Crippen LogP) is 1.78. The summed E-state index contributed by atoms with van der Waals surface area (Å²) in [7, 11) is 1.78. The third kappa shape index (κ3) is 1.80. The summed E-state index contributed by atoms with van der Waals surface area (Å²) >= 11 is 0. The van der Waals surface area contributed by atoms with Gasteiger partial charge in [0, 0.05) is 12.6 Å². The van der Waals surface area contributed by atoms with Gasteiger partial charge in [-0.05, 0) is 31.5 Å². The molecule has 1 amide bonds. The quantitative estimate of drug-likeness (QED) is 0.829. The van der Waals surface area contributed by atoms with Crippen molar-refractivity contribution < 1.29 is 9.53 Å². The Kier molecular flexibility index (Phi) is 2.50. The van der Waals surface area contributed by atoms with E-state index in [4.69, 9.17) is 10.5 Å². The number of rotatable bonds is 1. The van der Waals surface area contributed by atoms with Crippen LogP contribution in [0.5, 0.6) is 5.75 Å².